The molecule has 0 aliphatic rings. The number of carboxylic acids is 1. The topological polar surface area (TPSA) is 88.4 Å². The molecule has 0 aromatic carbocycles. The van der Waals surface area contributed by atoms with Crippen molar-refractivity contribution in [1.82, 2.24) is 9.88 Å². The molecule has 0 aliphatic carbocycles. The summed E-state index contributed by atoms with van der Waals surface area (Å²) < 4.78 is 1.56. The fraction of sp³-hybridized carbons (Fsp3) is 0.500. The number of carbonyl (C=O) groups excluding carboxylic acids is 2. The Morgan fingerprint density at radius 3 is 2.40 bits per heavy atom. The van der Waals surface area contributed by atoms with Gasteiger partial charge in [-0.2, -0.15) is 0 Å². The highest BCUT2D eigenvalue weighted by molar-refractivity contribution is 5.99. The average Bonchev–Trinajstić information content (AvgIpc) is 2.70. The van der Waals surface area contributed by atoms with Gasteiger partial charge in [-0.15, -0.1) is 0 Å². The van der Waals surface area contributed by atoms with Crippen LogP contribution in [0.15, 0.2) is 12.3 Å². The van der Waals surface area contributed by atoms with E-state index in [1.54, 1.807) is 24.7 Å². The molecule has 0 saturated carbocycles. The SMILES string of the molecule is CC[C@@](C)(CC(=O)O)NC(=O)c1cc(C(C)=O)cn1C. The Hall–Kier alpha value is -2.11. The number of rotatable bonds is 6. The van der Waals surface area contributed by atoms with Crippen molar-refractivity contribution in [3.63, 3.8) is 0 Å². The van der Waals surface area contributed by atoms with Crippen LogP contribution in [0.5, 0.6) is 0 Å². The van der Waals surface area contributed by atoms with Gasteiger partial charge in [0, 0.05) is 24.3 Å². The van der Waals surface area contributed by atoms with Gasteiger partial charge in [-0.1, -0.05) is 6.92 Å². The van der Waals surface area contributed by atoms with Crippen LogP contribution in [-0.2, 0) is 11.8 Å². The first-order chi connectivity index (χ1) is 9.18. The second kappa shape index (κ2) is 5.90. The molecule has 0 aliphatic heterocycles. The molecule has 2 N–H and O–H groups in total. The van der Waals surface area contributed by atoms with Crippen LogP contribution in [0.3, 0.4) is 0 Å². The van der Waals surface area contributed by atoms with E-state index in [0.29, 0.717) is 17.7 Å². The minimum absolute atomic E-state index is 0.122. The molecule has 1 aromatic heterocycles. The molecular formula is C14H20N2O4. The first-order valence-corrected chi connectivity index (χ1v) is 6.40. The summed E-state index contributed by atoms with van der Waals surface area (Å²) in [6.07, 6.45) is 1.92. The van der Waals surface area contributed by atoms with Gasteiger partial charge in [-0.3, -0.25) is 14.4 Å². The lowest BCUT2D eigenvalue weighted by atomic mass is 9.94. The molecule has 0 bridgehead atoms. The zero-order chi connectivity index (χ0) is 15.5. The van der Waals surface area contributed by atoms with Crippen molar-refractivity contribution in [1.29, 1.82) is 0 Å². The normalized spacial score (nSPS) is 13.6. The van der Waals surface area contributed by atoms with E-state index in [1.165, 1.54) is 13.0 Å². The molecule has 20 heavy (non-hydrogen) atoms. The lowest BCUT2D eigenvalue weighted by molar-refractivity contribution is -0.138. The highest BCUT2D eigenvalue weighted by Crippen LogP contribution is 2.16. The molecule has 6 nitrogen and oxygen atoms in total. The third kappa shape index (κ3) is 3.69. The van der Waals surface area contributed by atoms with Gasteiger partial charge in [-0.05, 0) is 26.3 Å². The molecule has 1 amide bonds. The number of Topliss-reactive ketones (excluding diaryl/α,β-unsaturated/α-hetero) is 1. The number of amides is 1. The summed E-state index contributed by atoms with van der Waals surface area (Å²) in [4.78, 5) is 34.4. The highest BCUT2D eigenvalue weighted by atomic mass is 16.4. The quantitative estimate of drug-likeness (QED) is 0.775. The number of aliphatic carboxylic acids is 1. The Balaban J connectivity index is 2.95. The van der Waals surface area contributed by atoms with Crippen LogP contribution in [-0.4, -0.2) is 32.9 Å². The Morgan fingerprint density at radius 2 is 2.00 bits per heavy atom. The predicted molar refractivity (Wildman–Crippen MR) is 73.8 cm³/mol. The summed E-state index contributed by atoms with van der Waals surface area (Å²) in [5.41, 5.74) is -0.0295. The fourth-order valence-corrected chi connectivity index (χ4v) is 1.91. The van der Waals surface area contributed by atoms with Crippen molar-refractivity contribution in [2.75, 3.05) is 0 Å². The minimum Gasteiger partial charge on any atom is -0.481 e. The van der Waals surface area contributed by atoms with Gasteiger partial charge >= 0.3 is 5.97 Å². The van der Waals surface area contributed by atoms with Crippen LogP contribution in [0.1, 0.15) is 54.5 Å². The Kier molecular flexibility index (Phi) is 4.70. The summed E-state index contributed by atoms with van der Waals surface area (Å²) in [6, 6.07) is 1.51. The van der Waals surface area contributed by atoms with Crippen molar-refractivity contribution in [2.24, 2.45) is 7.05 Å². The van der Waals surface area contributed by atoms with E-state index < -0.39 is 11.5 Å². The molecule has 0 saturated heterocycles. The highest BCUT2D eigenvalue weighted by Gasteiger charge is 2.28. The molecule has 0 spiro atoms. The van der Waals surface area contributed by atoms with E-state index in [0.717, 1.165) is 0 Å². The first kappa shape index (κ1) is 15.9. The third-order valence-electron chi connectivity index (χ3n) is 3.38. The number of hydrogen-bond acceptors (Lipinski definition) is 3. The van der Waals surface area contributed by atoms with Crippen molar-refractivity contribution in [3.05, 3.63) is 23.5 Å². The number of nitrogens with zero attached hydrogens (tertiary/aromatic N) is 1. The Bertz CT molecular complexity index is 547. The molecule has 1 heterocycles. The van der Waals surface area contributed by atoms with Crippen molar-refractivity contribution in [3.8, 4) is 0 Å². The van der Waals surface area contributed by atoms with Crippen molar-refractivity contribution < 1.29 is 19.5 Å². The van der Waals surface area contributed by atoms with Crippen molar-refractivity contribution >= 4 is 17.7 Å². The van der Waals surface area contributed by atoms with Crippen LogP contribution >= 0.6 is 0 Å². The number of ketones is 1. The minimum atomic E-state index is -0.967. The summed E-state index contributed by atoms with van der Waals surface area (Å²) in [5, 5.41) is 11.6. The largest absolute Gasteiger partial charge is 0.481 e. The number of hydrogen-bond donors (Lipinski definition) is 2. The zero-order valence-corrected chi connectivity index (χ0v) is 12.2. The number of aromatic nitrogens is 1. The molecule has 1 atom stereocenters. The molecule has 6 heteroatoms. The maximum Gasteiger partial charge on any atom is 0.305 e. The number of aryl methyl sites for hydroxylation is 1. The first-order valence-electron chi connectivity index (χ1n) is 6.40. The third-order valence-corrected chi connectivity index (χ3v) is 3.38. The van der Waals surface area contributed by atoms with E-state index in [2.05, 4.69) is 5.32 Å². The predicted octanol–water partition coefficient (Wildman–Crippen LogP) is 1.60. The molecule has 0 fully saturated rings. The van der Waals surface area contributed by atoms with Gasteiger partial charge in [0.1, 0.15) is 5.69 Å². The molecular weight excluding hydrogens is 260 g/mol. The standard InChI is InChI=1S/C14H20N2O4/c1-5-14(3,7-12(18)19)15-13(20)11-6-10(9(2)17)8-16(11)4/h6,8H,5,7H2,1-4H3,(H,15,20)(H,18,19)/t14-/m0/s1. The maximum atomic E-state index is 12.2. The van der Waals surface area contributed by atoms with Crippen LogP contribution in [0.4, 0.5) is 0 Å². The number of nitrogens with one attached hydrogen (secondary N) is 1. The lowest BCUT2D eigenvalue weighted by Gasteiger charge is -2.27. The zero-order valence-electron chi connectivity index (χ0n) is 12.2. The summed E-state index contributed by atoms with van der Waals surface area (Å²) in [7, 11) is 1.67. The van der Waals surface area contributed by atoms with Crippen LogP contribution in [0, 0.1) is 0 Å². The van der Waals surface area contributed by atoms with Gasteiger partial charge in [-0.25, -0.2) is 0 Å². The molecule has 1 rings (SSSR count). The fourth-order valence-electron chi connectivity index (χ4n) is 1.91. The summed E-state index contributed by atoms with van der Waals surface area (Å²) in [5.74, 6) is -1.47. The second-order valence-corrected chi connectivity index (χ2v) is 5.22. The second-order valence-electron chi connectivity index (χ2n) is 5.22. The molecule has 0 radical (unpaired) electrons. The number of carboxylic acid groups (broad SMARTS) is 1. The van der Waals surface area contributed by atoms with Crippen LogP contribution < -0.4 is 5.32 Å². The Labute approximate surface area is 117 Å². The van der Waals surface area contributed by atoms with Gasteiger partial charge in [0.05, 0.1) is 6.42 Å². The molecule has 1 aromatic rings. The summed E-state index contributed by atoms with van der Waals surface area (Å²) in [6.45, 7) is 4.93. The van der Waals surface area contributed by atoms with Crippen LogP contribution in [0.25, 0.3) is 0 Å². The lowest BCUT2D eigenvalue weighted by Crippen LogP contribution is -2.47. The van der Waals surface area contributed by atoms with Gasteiger partial charge in [0.25, 0.3) is 5.91 Å². The smallest absolute Gasteiger partial charge is 0.305 e. The molecule has 110 valence electrons. The monoisotopic (exact) mass is 280 g/mol. The Morgan fingerprint density at radius 1 is 1.40 bits per heavy atom. The molecule has 0 unspecified atom stereocenters. The van der Waals surface area contributed by atoms with Crippen LogP contribution in [0.2, 0.25) is 0 Å². The average molecular weight is 280 g/mol. The van der Waals surface area contributed by atoms with Gasteiger partial charge in [0.15, 0.2) is 5.78 Å². The van der Waals surface area contributed by atoms with E-state index in [4.69, 9.17) is 5.11 Å². The van der Waals surface area contributed by atoms with E-state index in [-0.39, 0.29) is 18.1 Å². The van der Waals surface area contributed by atoms with Crippen molar-refractivity contribution in [2.45, 2.75) is 39.2 Å². The van der Waals surface area contributed by atoms with Gasteiger partial charge in [0.2, 0.25) is 0 Å². The number of carbonyl (C=O) groups is 3. The van der Waals surface area contributed by atoms with E-state index in [1.807, 2.05) is 6.92 Å². The van der Waals surface area contributed by atoms with E-state index in [9.17, 15) is 14.4 Å². The van der Waals surface area contributed by atoms with E-state index >= 15 is 0 Å². The summed E-state index contributed by atoms with van der Waals surface area (Å²) >= 11 is 0. The maximum absolute atomic E-state index is 12.2. The van der Waals surface area contributed by atoms with Gasteiger partial charge < -0.3 is 15.0 Å².